The van der Waals surface area contributed by atoms with Crippen LogP contribution in [0, 0.1) is 0 Å². The molecule has 0 unspecified atom stereocenters. The van der Waals surface area contributed by atoms with Crippen molar-refractivity contribution in [2.24, 2.45) is 0 Å². The fraction of sp³-hybridized carbons (Fsp3) is 1.00. The number of thioether (sulfide) groups is 1. The first kappa shape index (κ1) is 5.49. The molecule has 0 N–H and O–H groups in total. The topological polar surface area (TPSA) is 0 Å². The highest BCUT2D eigenvalue weighted by Gasteiger charge is 2.31. The fourth-order valence-corrected chi connectivity index (χ4v) is 1.79. The van der Waals surface area contributed by atoms with E-state index < -0.39 is 0 Å². The van der Waals surface area contributed by atoms with Gasteiger partial charge in [-0.15, -0.1) is 0 Å². The Kier molecular flexibility index (Phi) is 1.63. The molecule has 1 rings (SSSR count). The van der Waals surface area contributed by atoms with Crippen LogP contribution in [-0.2, 0) is 0 Å². The van der Waals surface area contributed by atoms with Crippen molar-refractivity contribution in [2.45, 2.75) is 37.2 Å². The highest BCUT2D eigenvalue weighted by Crippen LogP contribution is 2.43. The lowest BCUT2D eigenvalue weighted by Gasteiger charge is -1.84. The van der Waals surface area contributed by atoms with Crippen molar-refractivity contribution in [2.75, 3.05) is 0 Å². The first-order chi connectivity index (χ1) is 3.34. The van der Waals surface area contributed by atoms with Crippen LogP contribution in [0.25, 0.3) is 0 Å². The summed E-state index contributed by atoms with van der Waals surface area (Å²) >= 11 is 2.12. The van der Waals surface area contributed by atoms with Crippen LogP contribution in [0.2, 0.25) is 0 Å². The summed E-state index contributed by atoms with van der Waals surface area (Å²) in [6, 6.07) is 0. The fourth-order valence-electron chi connectivity index (χ4n) is 0.818. The standard InChI is InChI=1S/C6H12S/c1-3-4-6-5(2)7-6/h5-6H,3-4H2,1-2H3/t5-,6-/m0/s1. The van der Waals surface area contributed by atoms with E-state index in [1.807, 2.05) is 0 Å². The van der Waals surface area contributed by atoms with Gasteiger partial charge in [0.2, 0.25) is 0 Å². The smallest absolute Gasteiger partial charge is 0.0166 e. The van der Waals surface area contributed by atoms with Gasteiger partial charge in [-0.1, -0.05) is 20.3 Å². The molecule has 0 aromatic rings. The van der Waals surface area contributed by atoms with Crippen LogP contribution in [0.5, 0.6) is 0 Å². The maximum absolute atomic E-state index is 2.31. The van der Waals surface area contributed by atoms with E-state index in [9.17, 15) is 0 Å². The summed E-state index contributed by atoms with van der Waals surface area (Å²) in [5.41, 5.74) is 0. The van der Waals surface area contributed by atoms with E-state index in [-0.39, 0.29) is 0 Å². The summed E-state index contributed by atoms with van der Waals surface area (Å²) in [4.78, 5) is 0. The van der Waals surface area contributed by atoms with E-state index in [2.05, 4.69) is 25.6 Å². The molecule has 1 saturated heterocycles. The van der Waals surface area contributed by atoms with Gasteiger partial charge in [0.15, 0.2) is 0 Å². The van der Waals surface area contributed by atoms with E-state index in [1.165, 1.54) is 12.8 Å². The molecule has 7 heavy (non-hydrogen) atoms. The van der Waals surface area contributed by atoms with Crippen molar-refractivity contribution in [3.8, 4) is 0 Å². The molecule has 42 valence electrons. The molecule has 1 aliphatic rings. The Bertz CT molecular complexity index is 61.2. The lowest BCUT2D eigenvalue weighted by Crippen LogP contribution is -1.85. The summed E-state index contributed by atoms with van der Waals surface area (Å²) in [5.74, 6) is 0. The molecule has 1 heterocycles. The van der Waals surface area contributed by atoms with Crippen LogP contribution < -0.4 is 0 Å². The van der Waals surface area contributed by atoms with Gasteiger partial charge in [-0.05, 0) is 6.42 Å². The normalized spacial score (nSPS) is 38.6. The second-order valence-corrected chi connectivity index (χ2v) is 3.79. The molecule has 2 atom stereocenters. The summed E-state index contributed by atoms with van der Waals surface area (Å²) in [6.07, 6.45) is 2.80. The van der Waals surface area contributed by atoms with Gasteiger partial charge in [-0.2, -0.15) is 11.8 Å². The van der Waals surface area contributed by atoms with Crippen molar-refractivity contribution in [1.29, 1.82) is 0 Å². The van der Waals surface area contributed by atoms with Crippen LogP contribution in [-0.4, -0.2) is 10.5 Å². The van der Waals surface area contributed by atoms with Gasteiger partial charge in [0.25, 0.3) is 0 Å². The molecule has 0 radical (unpaired) electrons. The van der Waals surface area contributed by atoms with Crippen LogP contribution >= 0.6 is 11.8 Å². The maximum atomic E-state index is 2.31. The van der Waals surface area contributed by atoms with Crippen molar-refractivity contribution in [3.05, 3.63) is 0 Å². The van der Waals surface area contributed by atoms with Crippen LogP contribution in [0.3, 0.4) is 0 Å². The molecule has 0 aromatic heterocycles. The lowest BCUT2D eigenvalue weighted by atomic mass is 10.2. The molecule has 0 bridgehead atoms. The molecular formula is C6H12S. The number of hydrogen-bond acceptors (Lipinski definition) is 1. The monoisotopic (exact) mass is 116 g/mol. The Balaban J connectivity index is 1.98. The molecule has 0 spiro atoms. The third-order valence-corrected chi connectivity index (χ3v) is 2.85. The van der Waals surface area contributed by atoms with Gasteiger partial charge in [0, 0.05) is 10.5 Å². The SMILES string of the molecule is CCC[C@@H]1S[C@H]1C. The Morgan fingerprint density at radius 3 is 2.29 bits per heavy atom. The average Bonchev–Trinajstić information content (AvgIpc) is 2.22. The third-order valence-electron chi connectivity index (χ3n) is 1.41. The Morgan fingerprint density at radius 1 is 1.57 bits per heavy atom. The van der Waals surface area contributed by atoms with Gasteiger partial charge >= 0.3 is 0 Å². The minimum atomic E-state index is 0.986. The molecule has 0 aromatic carbocycles. The summed E-state index contributed by atoms with van der Waals surface area (Å²) in [6.45, 7) is 4.57. The minimum Gasteiger partial charge on any atom is -0.153 e. The van der Waals surface area contributed by atoms with Gasteiger partial charge in [0.1, 0.15) is 0 Å². The molecule has 0 saturated carbocycles. The highest BCUT2D eigenvalue weighted by molar-refractivity contribution is 8.07. The van der Waals surface area contributed by atoms with E-state index in [4.69, 9.17) is 0 Å². The second kappa shape index (κ2) is 2.08. The molecule has 1 fully saturated rings. The Hall–Kier alpha value is 0.350. The first-order valence-corrected chi connectivity index (χ1v) is 3.94. The van der Waals surface area contributed by atoms with Crippen LogP contribution in [0.4, 0.5) is 0 Å². The van der Waals surface area contributed by atoms with Gasteiger partial charge in [0.05, 0.1) is 0 Å². The van der Waals surface area contributed by atoms with Crippen molar-refractivity contribution >= 4 is 11.8 Å². The molecule has 0 amide bonds. The van der Waals surface area contributed by atoms with Crippen molar-refractivity contribution in [1.82, 2.24) is 0 Å². The quantitative estimate of drug-likeness (QED) is 0.499. The summed E-state index contributed by atoms with van der Waals surface area (Å²) in [5, 5.41) is 2.02. The molecule has 0 aliphatic carbocycles. The highest BCUT2D eigenvalue weighted by atomic mass is 32.2. The molecule has 1 aliphatic heterocycles. The van der Waals surface area contributed by atoms with Crippen molar-refractivity contribution in [3.63, 3.8) is 0 Å². The maximum Gasteiger partial charge on any atom is 0.0166 e. The number of hydrogen-bond donors (Lipinski definition) is 0. The van der Waals surface area contributed by atoms with Gasteiger partial charge in [-0.3, -0.25) is 0 Å². The second-order valence-electron chi connectivity index (χ2n) is 2.17. The summed E-state index contributed by atoms with van der Waals surface area (Å²) < 4.78 is 0. The van der Waals surface area contributed by atoms with Crippen LogP contribution in [0.1, 0.15) is 26.7 Å². The molecule has 0 nitrogen and oxygen atoms in total. The largest absolute Gasteiger partial charge is 0.153 e. The zero-order chi connectivity index (χ0) is 5.28. The van der Waals surface area contributed by atoms with E-state index >= 15 is 0 Å². The third kappa shape index (κ3) is 1.37. The predicted molar refractivity (Wildman–Crippen MR) is 35.7 cm³/mol. The van der Waals surface area contributed by atoms with E-state index in [0.29, 0.717) is 0 Å². The number of rotatable bonds is 2. The minimum absolute atomic E-state index is 0.986. The summed E-state index contributed by atoms with van der Waals surface area (Å²) in [7, 11) is 0. The molecule has 1 heteroatoms. The predicted octanol–water partition coefficient (Wildman–Crippen LogP) is 2.29. The Morgan fingerprint density at radius 2 is 2.14 bits per heavy atom. The zero-order valence-electron chi connectivity index (χ0n) is 4.98. The van der Waals surface area contributed by atoms with E-state index in [0.717, 1.165) is 10.5 Å². The Labute approximate surface area is 49.7 Å². The lowest BCUT2D eigenvalue weighted by molar-refractivity contribution is 0.787. The van der Waals surface area contributed by atoms with Crippen molar-refractivity contribution < 1.29 is 0 Å². The van der Waals surface area contributed by atoms with Crippen LogP contribution in [0.15, 0.2) is 0 Å². The average molecular weight is 116 g/mol. The van der Waals surface area contributed by atoms with E-state index in [1.54, 1.807) is 0 Å². The first-order valence-electron chi connectivity index (χ1n) is 3.00. The van der Waals surface area contributed by atoms with Gasteiger partial charge in [-0.25, -0.2) is 0 Å². The van der Waals surface area contributed by atoms with Gasteiger partial charge < -0.3 is 0 Å². The molecular weight excluding hydrogens is 104 g/mol. The zero-order valence-corrected chi connectivity index (χ0v) is 5.79.